The third-order valence-electron chi connectivity index (χ3n) is 3.75. The van der Waals surface area contributed by atoms with Gasteiger partial charge < -0.3 is 21.1 Å². The molecular formula is C15H23N3O2. The van der Waals surface area contributed by atoms with Gasteiger partial charge in [0, 0.05) is 37.9 Å². The van der Waals surface area contributed by atoms with Crippen LogP contribution >= 0.6 is 0 Å². The van der Waals surface area contributed by atoms with Crippen LogP contribution in [0.5, 0.6) is 0 Å². The van der Waals surface area contributed by atoms with Crippen LogP contribution in [0, 0.1) is 0 Å². The number of rotatable bonds is 6. The second-order valence-corrected chi connectivity index (χ2v) is 5.20. The first-order chi connectivity index (χ1) is 9.70. The van der Waals surface area contributed by atoms with Gasteiger partial charge in [-0.3, -0.25) is 4.79 Å². The number of para-hydroxylation sites is 1. The summed E-state index contributed by atoms with van der Waals surface area (Å²) in [6.45, 7) is 3.44. The Bertz CT molecular complexity index is 442. The summed E-state index contributed by atoms with van der Waals surface area (Å²) in [6.07, 6.45) is 2.23. The van der Waals surface area contributed by atoms with Gasteiger partial charge in [0.1, 0.15) is 0 Å². The highest BCUT2D eigenvalue weighted by Gasteiger charge is 2.20. The van der Waals surface area contributed by atoms with Crippen LogP contribution in [-0.4, -0.2) is 43.3 Å². The van der Waals surface area contributed by atoms with E-state index in [1.165, 1.54) is 0 Å². The molecule has 0 bridgehead atoms. The molecule has 1 fully saturated rings. The summed E-state index contributed by atoms with van der Waals surface area (Å²) in [6, 6.07) is 8.33. The minimum absolute atomic E-state index is 0.0848. The summed E-state index contributed by atoms with van der Waals surface area (Å²) in [7, 11) is 0. The van der Waals surface area contributed by atoms with Crippen LogP contribution in [0.4, 0.5) is 5.69 Å². The molecule has 0 spiro atoms. The highest BCUT2D eigenvalue weighted by atomic mass is 16.4. The van der Waals surface area contributed by atoms with Crippen LogP contribution in [0.2, 0.25) is 0 Å². The molecule has 1 aromatic carbocycles. The fourth-order valence-corrected chi connectivity index (χ4v) is 2.74. The first-order valence-electron chi connectivity index (χ1n) is 7.19. The molecule has 0 amide bonds. The quantitative estimate of drug-likeness (QED) is 0.718. The van der Waals surface area contributed by atoms with Gasteiger partial charge in [-0.1, -0.05) is 18.2 Å². The minimum Gasteiger partial charge on any atom is -0.481 e. The minimum atomic E-state index is -0.781. The topological polar surface area (TPSA) is 78.6 Å². The Kier molecular flexibility index (Phi) is 5.38. The van der Waals surface area contributed by atoms with E-state index in [4.69, 9.17) is 10.8 Å². The lowest BCUT2D eigenvalue weighted by molar-refractivity contribution is -0.136. The van der Waals surface area contributed by atoms with Crippen LogP contribution in [0.1, 0.15) is 18.4 Å². The second kappa shape index (κ2) is 7.26. The zero-order chi connectivity index (χ0) is 14.4. The second-order valence-electron chi connectivity index (χ2n) is 5.20. The summed E-state index contributed by atoms with van der Waals surface area (Å²) in [4.78, 5) is 13.2. The van der Waals surface area contributed by atoms with Crippen molar-refractivity contribution in [1.29, 1.82) is 0 Å². The van der Waals surface area contributed by atoms with Crippen molar-refractivity contribution in [3.05, 3.63) is 29.8 Å². The number of anilines is 1. The van der Waals surface area contributed by atoms with Gasteiger partial charge in [-0.05, 0) is 24.5 Å². The fourth-order valence-electron chi connectivity index (χ4n) is 2.74. The van der Waals surface area contributed by atoms with Gasteiger partial charge >= 0.3 is 5.97 Å². The van der Waals surface area contributed by atoms with E-state index in [0.717, 1.165) is 43.7 Å². The van der Waals surface area contributed by atoms with E-state index in [0.29, 0.717) is 12.6 Å². The Morgan fingerprint density at radius 3 is 2.70 bits per heavy atom. The van der Waals surface area contributed by atoms with Crippen molar-refractivity contribution < 1.29 is 9.90 Å². The number of carboxylic acid groups (broad SMARTS) is 1. The highest BCUT2D eigenvalue weighted by Crippen LogP contribution is 2.24. The van der Waals surface area contributed by atoms with Crippen molar-refractivity contribution in [3.63, 3.8) is 0 Å². The smallest absolute Gasteiger partial charge is 0.307 e. The van der Waals surface area contributed by atoms with Crippen molar-refractivity contribution in [1.82, 2.24) is 5.32 Å². The van der Waals surface area contributed by atoms with E-state index in [2.05, 4.69) is 10.2 Å². The van der Waals surface area contributed by atoms with E-state index in [9.17, 15) is 4.79 Å². The summed E-state index contributed by atoms with van der Waals surface area (Å²) in [5, 5.41) is 12.4. The molecule has 1 aromatic rings. The van der Waals surface area contributed by atoms with Gasteiger partial charge in [0.05, 0.1) is 6.42 Å². The number of benzene rings is 1. The lowest BCUT2D eigenvalue weighted by atomic mass is 10.0. The van der Waals surface area contributed by atoms with Crippen LogP contribution < -0.4 is 16.0 Å². The normalized spacial score (nSPS) is 16.4. The van der Waals surface area contributed by atoms with Crippen LogP contribution in [-0.2, 0) is 11.2 Å². The monoisotopic (exact) mass is 277 g/mol. The zero-order valence-electron chi connectivity index (χ0n) is 11.7. The average Bonchev–Trinajstić information content (AvgIpc) is 2.46. The average molecular weight is 277 g/mol. The highest BCUT2D eigenvalue weighted by molar-refractivity contribution is 5.73. The number of nitrogens with one attached hydrogen (secondary N) is 1. The Morgan fingerprint density at radius 1 is 1.35 bits per heavy atom. The molecule has 0 atom stereocenters. The summed E-state index contributed by atoms with van der Waals surface area (Å²) >= 11 is 0. The number of carboxylic acids is 1. The molecule has 5 heteroatoms. The van der Waals surface area contributed by atoms with Crippen LogP contribution in [0.15, 0.2) is 24.3 Å². The first-order valence-corrected chi connectivity index (χ1v) is 7.19. The molecule has 0 unspecified atom stereocenters. The third kappa shape index (κ3) is 3.95. The van der Waals surface area contributed by atoms with E-state index < -0.39 is 5.97 Å². The number of hydrogen-bond acceptors (Lipinski definition) is 4. The van der Waals surface area contributed by atoms with Gasteiger partial charge in [-0.2, -0.15) is 0 Å². The van der Waals surface area contributed by atoms with Crippen LogP contribution in [0.3, 0.4) is 0 Å². The van der Waals surface area contributed by atoms with E-state index in [-0.39, 0.29) is 6.42 Å². The maximum Gasteiger partial charge on any atom is 0.307 e. The van der Waals surface area contributed by atoms with E-state index >= 15 is 0 Å². The van der Waals surface area contributed by atoms with Crippen molar-refractivity contribution in [2.24, 2.45) is 5.73 Å². The van der Waals surface area contributed by atoms with Gasteiger partial charge in [0.25, 0.3) is 0 Å². The molecule has 20 heavy (non-hydrogen) atoms. The maximum atomic E-state index is 10.9. The number of nitrogens with two attached hydrogens (primary N) is 1. The lowest BCUT2D eigenvalue weighted by Crippen LogP contribution is -2.44. The molecule has 110 valence electrons. The molecule has 0 aliphatic carbocycles. The molecule has 5 nitrogen and oxygen atoms in total. The Hall–Kier alpha value is -1.59. The van der Waals surface area contributed by atoms with E-state index in [1.54, 1.807) is 0 Å². The maximum absolute atomic E-state index is 10.9. The van der Waals surface area contributed by atoms with Gasteiger partial charge in [0.15, 0.2) is 0 Å². The number of carbonyl (C=O) groups is 1. The Morgan fingerprint density at radius 2 is 2.05 bits per heavy atom. The standard InChI is InChI=1S/C15H23N3O2/c16-7-8-17-13-5-9-18(10-6-13)14-4-2-1-3-12(14)11-15(19)20/h1-4,13,17H,5-11,16H2,(H,19,20). The predicted octanol–water partition coefficient (Wildman–Crippen LogP) is 0.831. The number of aliphatic carboxylic acids is 1. The third-order valence-corrected chi connectivity index (χ3v) is 3.75. The van der Waals surface area contributed by atoms with Gasteiger partial charge in [-0.15, -0.1) is 0 Å². The van der Waals surface area contributed by atoms with Crippen molar-refractivity contribution in [2.75, 3.05) is 31.1 Å². The zero-order valence-corrected chi connectivity index (χ0v) is 11.7. The molecular weight excluding hydrogens is 254 g/mol. The summed E-state index contributed by atoms with van der Waals surface area (Å²) in [5.74, 6) is -0.781. The molecule has 2 rings (SSSR count). The molecule has 0 aromatic heterocycles. The van der Waals surface area contributed by atoms with Crippen molar-refractivity contribution in [3.8, 4) is 0 Å². The molecule has 0 saturated carbocycles. The summed E-state index contributed by atoms with van der Waals surface area (Å²) < 4.78 is 0. The molecule has 0 radical (unpaired) electrons. The molecule has 1 heterocycles. The van der Waals surface area contributed by atoms with Gasteiger partial charge in [-0.25, -0.2) is 0 Å². The summed E-state index contributed by atoms with van der Waals surface area (Å²) in [5.41, 5.74) is 7.46. The molecule has 1 aliphatic heterocycles. The molecule has 1 aliphatic rings. The SMILES string of the molecule is NCCNC1CCN(c2ccccc2CC(=O)O)CC1. The predicted molar refractivity (Wildman–Crippen MR) is 80.1 cm³/mol. The Balaban J connectivity index is 1.98. The Labute approximate surface area is 119 Å². The van der Waals surface area contributed by atoms with Gasteiger partial charge in [0.2, 0.25) is 0 Å². The largest absolute Gasteiger partial charge is 0.481 e. The lowest BCUT2D eigenvalue weighted by Gasteiger charge is -2.35. The fraction of sp³-hybridized carbons (Fsp3) is 0.533. The number of hydrogen-bond donors (Lipinski definition) is 3. The van der Waals surface area contributed by atoms with Crippen LogP contribution in [0.25, 0.3) is 0 Å². The van der Waals surface area contributed by atoms with E-state index in [1.807, 2.05) is 24.3 Å². The first kappa shape index (κ1) is 14.8. The van der Waals surface area contributed by atoms with Crippen molar-refractivity contribution in [2.45, 2.75) is 25.3 Å². The van der Waals surface area contributed by atoms with Crippen molar-refractivity contribution >= 4 is 11.7 Å². The number of piperidine rings is 1. The molecule has 4 N–H and O–H groups in total. The molecule has 1 saturated heterocycles. The number of nitrogens with zero attached hydrogens (tertiary/aromatic N) is 1.